The molecule has 0 spiro atoms. The van der Waals surface area contributed by atoms with Gasteiger partial charge in [-0.05, 0) is 54.4 Å². The van der Waals surface area contributed by atoms with Gasteiger partial charge in [0.05, 0.1) is 15.4 Å². The van der Waals surface area contributed by atoms with Crippen molar-refractivity contribution in [1.82, 2.24) is 0 Å². The number of rotatable bonds is 6. The van der Waals surface area contributed by atoms with E-state index in [1.807, 2.05) is 31.2 Å². The van der Waals surface area contributed by atoms with Gasteiger partial charge in [0.15, 0.2) is 5.78 Å². The van der Waals surface area contributed by atoms with E-state index in [4.69, 9.17) is 9.47 Å². The number of ketones is 1. The van der Waals surface area contributed by atoms with Gasteiger partial charge < -0.3 is 9.47 Å². The molecular weight excluding hydrogens is 416 g/mol. The van der Waals surface area contributed by atoms with Gasteiger partial charge in [-0.3, -0.25) is 4.79 Å². The second-order valence-electron chi connectivity index (χ2n) is 7.02. The molecule has 0 fully saturated rings. The first kappa shape index (κ1) is 20.8. The Labute approximate surface area is 180 Å². The average molecular weight is 436 g/mol. The van der Waals surface area contributed by atoms with E-state index < -0.39 is 15.8 Å². The lowest BCUT2D eigenvalue weighted by molar-refractivity contribution is 0.0450. The Kier molecular flexibility index (Phi) is 5.61. The first-order chi connectivity index (χ1) is 14.9. The smallest absolute Gasteiger partial charge is 0.338 e. The molecule has 3 aromatic carbocycles. The predicted molar refractivity (Wildman–Crippen MR) is 113 cm³/mol. The number of fused-ring (bicyclic) bond motifs is 2. The molecule has 0 aromatic heterocycles. The highest BCUT2D eigenvalue weighted by atomic mass is 32.2. The monoisotopic (exact) mass is 436 g/mol. The van der Waals surface area contributed by atoms with E-state index in [1.54, 1.807) is 12.1 Å². The van der Waals surface area contributed by atoms with E-state index in [2.05, 4.69) is 0 Å². The molecule has 0 amide bonds. The molecule has 158 valence electrons. The lowest BCUT2D eigenvalue weighted by Gasteiger charge is -2.19. The summed E-state index contributed by atoms with van der Waals surface area (Å²) in [6.45, 7) is 2.21. The number of aryl methyl sites for hydroxylation is 1. The number of carbonyl (C=O) groups is 2. The van der Waals surface area contributed by atoms with Crippen molar-refractivity contribution in [3.63, 3.8) is 0 Å². The van der Waals surface area contributed by atoms with Crippen LogP contribution in [0.4, 0.5) is 0 Å². The normalized spacial score (nSPS) is 13.8. The van der Waals surface area contributed by atoms with Gasteiger partial charge in [0.25, 0.3) is 0 Å². The van der Waals surface area contributed by atoms with Gasteiger partial charge in [-0.15, -0.1) is 0 Å². The molecule has 0 saturated carbocycles. The van der Waals surface area contributed by atoms with Crippen molar-refractivity contribution in [1.29, 1.82) is 0 Å². The highest BCUT2D eigenvalue weighted by molar-refractivity contribution is 7.91. The summed E-state index contributed by atoms with van der Waals surface area (Å²) in [6, 6.07) is 17.6. The number of ether oxygens (including phenoxy) is 2. The second-order valence-corrected chi connectivity index (χ2v) is 8.91. The molecule has 0 radical (unpaired) electrons. The lowest BCUT2D eigenvalue weighted by atomic mass is 10.0. The van der Waals surface area contributed by atoms with Crippen LogP contribution in [0.1, 0.15) is 38.8 Å². The van der Waals surface area contributed by atoms with Crippen molar-refractivity contribution in [2.24, 2.45) is 0 Å². The van der Waals surface area contributed by atoms with E-state index in [9.17, 15) is 18.0 Å². The topological polar surface area (TPSA) is 86.7 Å². The van der Waals surface area contributed by atoms with Crippen LogP contribution in [0.2, 0.25) is 0 Å². The first-order valence-corrected chi connectivity index (χ1v) is 11.3. The van der Waals surface area contributed by atoms with Crippen molar-refractivity contribution in [2.75, 3.05) is 13.2 Å². The molecule has 31 heavy (non-hydrogen) atoms. The van der Waals surface area contributed by atoms with Crippen LogP contribution in [0.15, 0.2) is 76.5 Å². The quantitative estimate of drug-likeness (QED) is 0.337. The van der Waals surface area contributed by atoms with Crippen LogP contribution in [-0.2, 0) is 21.0 Å². The van der Waals surface area contributed by atoms with Gasteiger partial charge in [0, 0.05) is 11.1 Å². The molecule has 0 bridgehead atoms. The molecule has 1 aliphatic rings. The van der Waals surface area contributed by atoms with Gasteiger partial charge in [0.1, 0.15) is 19.0 Å². The maximum absolute atomic E-state index is 13.0. The minimum atomic E-state index is -3.91. The molecule has 1 heterocycles. The highest BCUT2D eigenvalue weighted by Crippen LogP contribution is 2.34. The van der Waals surface area contributed by atoms with Gasteiger partial charge in [0.2, 0.25) is 9.84 Å². The maximum atomic E-state index is 13.0. The number of benzene rings is 3. The molecule has 7 heteroatoms. The molecular formula is C24H20O6S. The predicted octanol–water partition coefficient (Wildman–Crippen LogP) is 3.86. The Morgan fingerprint density at radius 3 is 2.45 bits per heavy atom. The number of carbonyl (C=O) groups excluding carboxylic acids is 2. The van der Waals surface area contributed by atoms with Gasteiger partial charge in [-0.1, -0.05) is 31.2 Å². The van der Waals surface area contributed by atoms with Crippen molar-refractivity contribution in [3.8, 4) is 5.75 Å². The van der Waals surface area contributed by atoms with Crippen LogP contribution in [0.25, 0.3) is 0 Å². The van der Waals surface area contributed by atoms with E-state index in [1.165, 1.54) is 30.3 Å². The number of hydrogen-bond acceptors (Lipinski definition) is 6. The van der Waals surface area contributed by atoms with Crippen LogP contribution in [0.5, 0.6) is 5.75 Å². The molecule has 0 unspecified atom stereocenters. The zero-order chi connectivity index (χ0) is 22.0. The summed E-state index contributed by atoms with van der Waals surface area (Å²) in [5, 5.41) is 0. The minimum absolute atomic E-state index is 0.000778. The molecule has 0 aliphatic carbocycles. The third-order valence-electron chi connectivity index (χ3n) is 5.06. The van der Waals surface area contributed by atoms with Crippen molar-refractivity contribution in [2.45, 2.75) is 23.1 Å². The third kappa shape index (κ3) is 3.96. The second kappa shape index (κ2) is 8.35. The molecule has 1 aliphatic heterocycles. The van der Waals surface area contributed by atoms with Crippen LogP contribution in [0, 0.1) is 0 Å². The lowest BCUT2D eigenvalue weighted by Crippen LogP contribution is -2.21. The Morgan fingerprint density at radius 1 is 0.871 bits per heavy atom. The summed E-state index contributed by atoms with van der Waals surface area (Å²) in [5.41, 5.74) is 1.38. The summed E-state index contributed by atoms with van der Waals surface area (Å²) >= 11 is 0. The number of hydrogen-bond donors (Lipinski definition) is 0. The summed E-state index contributed by atoms with van der Waals surface area (Å²) < 4.78 is 36.7. The van der Waals surface area contributed by atoms with Crippen LogP contribution < -0.4 is 4.74 Å². The zero-order valence-electron chi connectivity index (χ0n) is 16.8. The van der Waals surface area contributed by atoms with E-state index in [0.717, 1.165) is 12.0 Å². The molecule has 4 rings (SSSR count). The molecule has 0 N–H and O–H groups in total. The van der Waals surface area contributed by atoms with Crippen molar-refractivity contribution >= 4 is 21.6 Å². The van der Waals surface area contributed by atoms with Crippen LogP contribution in [0.3, 0.4) is 0 Å². The summed E-state index contributed by atoms with van der Waals surface area (Å²) in [5.74, 6) is -0.384. The highest BCUT2D eigenvalue weighted by Gasteiger charge is 2.35. The van der Waals surface area contributed by atoms with Crippen molar-refractivity contribution in [3.05, 3.63) is 89.0 Å². The van der Waals surface area contributed by atoms with Gasteiger partial charge >= 0.3 is 5.97 Å². The Bertz CT molecular complexity index is 1280. The van der Waals surface area contributed by atoms with Crippen LogP contribution >= 0.6 is 0 Å². The molecule has 3 aromatic rings. The fraction of sp³-hybridized carbons (Fsp3) is 0.167. The van der Waals surface area contributed by atoms with Gasteiger partial charge in [-0.25, -0.2) is 13.2 Å². The largest absolute Gasteiger partial charge is 0.490 e. The molecule has 0 saturated heterocycles. The Hall–Kier alpha value is -3.45. The first-order valence-electron chi connectivity index (χ1n) is 9.83. The van der Waals surface area contributed by atoms with E-state index in [0.29, 0.717) is 5.75 Å². The fourth-order valence-electron chi connectivity index (χ4n) is 3.44. The number of esters is 1. The SMILES string of the molecule is CCc1cccc(OCCOC(=O)c2ccc3c(c2)S(=O)(=O)c2ccccc2C3=O)c1. The third-order valence-corrected chi connectivity index (χ3v) is 6.92. The maximum Gasteiger partial charge on any atom is 0.338 e. The average Bonchev–Trinajstić information content (AvgIpc) is 2.80. The Morgan fingerprint density at radius 2 is 1.65 bits per heavy atom. The fourth-order valence-corrected chi connectivity index (χ4v) is 5.12. The van der Waals surface area contributed by atoms with Crippen molar-refractivity contribution < 1.29 is 27.5 Å². The summed E-state index contributed by atoms with van der Waals surface area (Å²) in [7, 11) is -3.91. The standard InChI is InChI=1S/C24H20O6S/c1-2-16-6-5-7-18(14-16)29-12-13-30-24(26)17-10-11-20-22(15-17)31(27,28)21-9-4-3-8-19(21)23(20)25/h3-11,14-15H,2,12-13H2,1H3. The number of sulfone groups is 1. The minimum Gasteiger partial charge on any atom is -0.490 e. The summed E-state index contributed by atoms with van der Waals surface area (Å²) in [6.07, 6.45) is 0.889. The summed E-state index contributed by atoms with van der Waals surface area (Å²) in [4.78, 5) is 24.9. The zero-order valence-corrected chi connectivity index (χ0v) is 17.6. The van der Waals surface area contributed by atoms with Crippen LogP contribution in [-0.4, -0.2) is 33.4 Å². The Balaban J connectivity index is 1.47. The van der Waals surface area contributed by atoms with Gasteiger partial charge in [-0.2, -0.15) is 0 Å². The molecule has 6 nitrogen and oxygen atoms in total. The van der Waals surface area contributed by atoms with E-state index in [-0.39, 0.29) is 45.5 Å². The molecule has 0 atom stereocenters. The van der Waals surface area contributed by atoms with E-state index >= 15 is 0 Å².